The number of methoxy groups -OCH3 is 1. The quantitative estimate of drug-likeness (QED) is 0.404. The highest BCUT2D eigenvalue weighted by Gasteiger charge is 2.05. The van der Waals surface area contributed by atoms with Gasteiger partial charge < -0.3 is 20.7 Å². The number of rotatable bonds is 7. The lowest BCUT2D eigenvalue weighted by molar-refractivity contribution is 0.0954. The Bertz CT molecular complexity index is 742. The lowest BCUT2D eigenvalue weighted by atomic mass is 10.1. The van der Waals surface area contributed by atoms with Gasteiger partial charge in [-0.25, -0.2) is 0 Å². The van der Waals surface area contributed by atoms with Gasteiger partial charge >= 0.3 is 0 Å². The Morgan fingerprint density at radius 2 is 1.69 bits per heavy atom. The number of benzene rings is 2. The number of carbonyl (C=O) groups is 1. The zero-order valence-corrected chi connectivity index (χ0v) is 15.5. The third-order valence-corrected chi connectivity index (χ3v) is 3.99. The fraction of sp³-hybridized carbons (Fsp3) is 0.300. The zero-order valence-electron chi connectivity index (χ0n) is 15.5. The van der Waals surface area contributed by atoms with Gasteiger partial charge in [0.1, 0.15) is 5.75 Å². The lowest BCUT2D eigenvalue weighted by Crippen LogP contribution is -2.41. The second kappa shape index (κ2) is 10.1. The summed E-state index contributed by atoms with van der Waals surface area (Å²) in [6, 6.07) is 15.2. The van der Waals surface area contributed by atoms with Crippen molar-refractivity contribution in [3.05, 3.63) is 65.2 Å². The van der Waals surface area contributed by atoms with E-state index in [0.29, 0.717) is 31.2 Å². The van der Waals surface area contributed by atoms with Gasteiger partial charge in [-0.15, -0.1) is 0 Å². The number of aryl methyl sites for hydroxylation is 1. The number of carbonyl (C=O) groups excluding carboxylic acids is 1. The number of hydrogen-bond donors (Lipinski definition) is 3. The molecule has 0 aliphatic heterocycles. The number of ether oxygens (including phenoxy) is 1. The average Bonchev–Trinajstić information content (AvgIpc) is 2.68. The first-order valence-electron chi connectivity index (χ1n) is 8.55. The van der Waals surface area contributed by atoms with E-state index in [4.69, 9.17) is 4.74 Å². The molecule has 0 aromatic heterocycles. The molecule has 2 aromatic carbocycles. The standard InChI is InChI=1S/C20H26N4O2/c1-15-6-4-5-7-17(15)14-24-20(21-2)23-13-12-22-19(25)16-8-10-18(26-3)11-9-16/h4-11H,12-14H2,1-3H3,(H,22,25)(H2,21,23,24). The number of guanidine groups is 1. The van der Waals surface area contributed by atoms with Crippen LogP contribution in [0.2, 0.25) is 0 Å². The Balaban J connectivity index is 1.71. The van der Waals surface area contributed by atoms with Crippen molar-refractivity contribution in [2.24, 2.45) is 4.99 Å². The summed E-state index contributed by atoms with van der Waals surface area (Å²) in [5, 5.41) is 9.33. The maximum absolute atomic E-state index is 12.1. The first-order chi connectivity index (χ1) is 12.6. The van der Waals surface area contributed by atoms with E-state index in [0.717, 1.165) is 5.75 Å². The molecule has 0 fully saturated rings. The van der Waals surface area contributed by atoms with Crippen molar-refractivity contribution < 1.29 is 9.53 Å². The van der Waals surface area contributed by atoms with Crippen LogP contribution in [-0.4, -0.2) is 39.1 Å². The molecule has 0 saturated heterocycles. The van der Waals surface area contributed by atoms with E-state index in [-0.39, 0.29) is 5.91 Å². The Kier molecular flexibility index (Phi) is 7.49. The van der Waals surface area contributed by atoms with Crippen LogP contribution >= 0.6 is 0 Å². The van der Waals surface area contributed by atoms with Crippen LogP contribution in [0.3, 0.4) is 0 Å². The van der Waals surface area contributed by atoms with Crippen LogP contribution < -0.4 is 20.7 Å². The van der Waals surface area contributed by atoms with Crippen LogP contribution in [-0.2, 0) is 6.54 Å². The molecule has 1 amide bonds. The molecule has 0 bridgehead atoms. The molecule has 0 aliphatic rings. The van der Waals surface area contributed by atoms with Gasteiger partial charge in [-0.3, -0.25) is 9.79 Å². The third-order valence-electron chi connectivity index (χ3n) is 3.99. The number of nitrogens with zero attached hydrogens (tertiary/aromatic N) is 1. The average molecular weight is 354 g/mol. The molecular formula is C20H26N4O2. The second-order valence-corrected chi connectivity index (χ2v) is 5.76. The molecule has 3 N–H and O–H groups in total. The molecule has 2 aromatic rings. The minimum absolute atomic E-state index is 0.114. The fourth-order valence-corrected chi connectivity index (χ4v) is 2.41. The van der Waals surface area contributed by atoms with Crippen LogP contribution in [0.25, 0.3) is 0 Å². The first-order valence-corrected chi connectivity index (χ1v) is 8.55. The van der Waals surface area contributed by atoms with Crippen molar-refractivity contribution in [2.75, 3.05) is 27.2 Å². The van der Waals surface area contributed by atoms with Gasteiger partial charge in [0.25, 0.3) is 5.91 Å². The molecular weight excluding hydrogens is 328 g/mol. The predicted octanol–water partition coefficient (Wildman–Crippen LogP) is 2.10. The Morgan fingerprint density at radius 1 is 1.00 bits per heavy atom. The van der Waals surface area contributed by atoms with Gasteiger partial charge in [0.15, 0.2) is 5.96 Å². The molecule has 6 heteroatoms. The minimum Gasteiger partial charge on any atom is -0.497 e. The molecule has 26 heavy (non-hydrogen) atoms. The maximum Gasteiger partial charge on any atom is 0.251 e. The van der Waals surface area contributed by atoms with Crippen molar-refractivity contribution in [1.82, 2.24) is 16.0 Å². The van der Waals surface area contributed by atoms with Crippen molar-refractivity contribution in [3.8, 4) is 5.75 Å². The molecule has 0 unspecified atom stereocenters. The number of nitrogens with one attached hydrogen (secondary N) is 3. The van der Waals surface area contributed by atoms with Crippen LogP contribution in [0.15, 0.2) is 53.5 Å². The van der Waals surface area contributed by atoms with E-state index in [2.05, 4.69) is 40.0 Å². The first kappa shape index (κ1) is 19.3. The van der Waals surface area contributed by atoms with E-state index in [1.807, 2.05) is 12.1 Å². The summed E-state index contributed by atoms with van der Waals surface area (Å²) in [6.07, 6.45) is 0. The molecule has 138 valence electrons. The van der Waals surface area contributed by atoms with E-state index >= 15 is 0 Å². The summed E-state index contributed by atoms with van der Waals surface area (Å²) in [4.78, 5) is 16.3. The molecule has 0 spiro atoms. The van der Waals surface area contributed by atoms with Crippen LogP contribution in [0.1, 0.15) is 21.5 Å². The van der Waals surface area contributed by atoms with Crippen molar-refractivity contribution in [1.29, 1.82) is 0 Å². The van der Waals surface area contributed by atoms with Crippen molar-refractivity contribution in [2.45, 2.75) is 13.5 Å². The topological polar surface area (TPSA) is 74.8 Å². The molecule has 0 aliphatic carbocycles. The highest BCUT2D eigenvalue weighted by atomic mass is 16.5. The Morgan fingerprint density at radius 3 is 2.35 bits per heavy atom. The summed E-state index contributed by atoms with van der Waals surface area (Å²) in [5.41, 5.74) is 3.07. The highest BCUT2D eigenvalue weighted by Crippen LogP contribution is 2.10. The number of amides is 1. The van der Waals surface area contributed by atoms with Gasteiger partial charge in [0.05, 0.1) is 7.11 Å². The molecule has 6 nitrogen and oxygen atoms in total. The molecule has 2 rings (SSSR count). The smallest absolute Gasteiger partial charge is 0.251 e. The molecule has 0 heterocycles. The Labute approximate surface area is 154 Å². The maximum atomic E-state index is 12.1. The Hall–Kier alpha value is -3.02. The highest BCUT2D eigenvalue weighted by molar-refractivity contribution is 5.94. The predicted molar refractivity (Wildman–Crippen MR) is 105 cm³/mol. The molecule has 0 radical (unpaired) electrons. The van der Waals surface area contributed by atoms with Gasteiger partial charge in [-0.2, -0.15) is 0 Å². The fourth-order valence-electron chi connectivity index (χ4n) is 2.41. The number of aliphatic imine (C=N–C) groups is 1. The number of hydrogen-bond acceptors (Lipinski definition) is 3. The molecule has 0 atom stereocenters. The van der Waals surface area contributed by atoms with Gasteiger partial charge in [-0.1, -0.05) is 24.3 Å². The SMILES string of the molecule is CN=C(NCCNC(=O)c1ccc(OC)cc1)NCc1ccccc1C. The lowest BCUT2D eigenvalue weighted by Gasteiger charge is -2.13. The summed E-state index contributed by atoms with van der Waals surface area (Å²) in [6.45, 7) is 3.86. The monoisotopic (exact) mass is 354 g/mol. The van der Waals surface area contributed by atoms with Crippen LogP contribution in [0.4, 0.5) is 0 Å². The summed E-state index contributed by atoms with van der Waals surface area (Å²) < 4.78 is 5.09. The summed E-state index contributed by atoms with van der Waals surface area (Å²) >= 11 is 0. The zero-order chi connectivity index (χ0) is 18.8. The summed E-state index contributed by atoms with van der Waals surface area (Å²) in [5.74, 6) is 1.32. The van der Waals surface area contributed by atoms with Crippen molar-refractivity contribution >= 4 is 11.9 Å². The minimum atomic E-state index is -0.114. The molecule has 0 saturated carbocycles. The third kappa shape index (κ3) is 5.81. The largest absolute Gasteiger partial charge is 0.497 e. The summed E-state index contributed by atoms with van der Waals surface area (Å²) in [7, 11) is 3.32. The van der Waals surface area contributed by atoms with Gasteiger partial charge in [0.2, 0.25) is 0 Å². The van der Waals surface area contributed by atoms with Gasteiger partial charge in [-0.05, 0) is 42.3 Å². The van der Waals surface area contributed by atoms with E-state index in [9.17, 15) is 4.79 Å². The van der Waals surface area contributed by atoms with Crippen LogP contribution in [0.5, 0.6) is 5.75 Å². The van der Waals surface area contributed by atoms with Crippen molar-refractivity contribution in [3.63, 3.8) is 0 Å². The van der Waals surface area contributed by atoms with Gasteiger partial charge in [0, 0.05) is 32.2 Å². The van der Waals surface area contributed by atoms with E-state index in [1.54, 1.807) is 38.4 Å². The normalized spacial score (nSPS) is 11.0. The van der Waals surface area contributed by atoms with E-state index in [1.165, 1.54) is 11.1 Å². The van der Waals surface area contributed by atoms with Crippen LogP contribution in [0, 0.1) is 6.92 Å². The second-order valence-electron chi connectivity index (χ2n) is 5.76. The van der Waals surface area contributed by atoms with E-state index < -0.39 is 0 Å².